The molecular formula is C23H19ClN2O3. The second kappa shape index (κ2) is 9.57. The van der Waals surface area contributed by atoms with Crippen LogP contribution in [-0.4, -0.2) is 11.8 Å². The van der Waals surface area contributed by atoms with E-state index >= 15 is 0 Å². The molecule has 0 aliphatic carbocycles. The maximum atomic E-state index is 12.3. The number of ether oxygens (including phenoxy) is 1. The molecule has 3 rings (SSSR count). The van der Waals surface area contributed by atoms with E-state index in [1.165, 1.54) is 13.0 Å². The van der Waals surface area contributed by atoms with Gasteiger partial charge in [0.2, 0.25) is 11.8 Å². The summed E-state index contributed by atoms with van der Waals surface area (Å²) in [5, 5.41) is 5.98. The van der Waals surface area contributed by atoms with Crippen LogP contribution in [0, 0.1) is 0 Å². The molecule has 0 bridgehead atoms. The van der Waals surface area contributed by atoms with Gasteiger partial charge in [0.25, 0.3) is 0 Å². The van der Waals surface area contributed by atoms with Gasteiger partial charge in [-0.1, -0.05) is 48.0 Å². The molecule has 0 radical (unpaired) electrons. The Hall–Kier alpha value is -3.57. The average molecular weight is 407 g/mol. The fourth-order valence-electron chi connectivity index (χ4n) is 2.53. The van der Waals surface area contributed by atoms with Crippen molar-refractivity contribution in [2.45, 2.75) is 6.92 Å². The van der Waals surface area contributed by atoms with E-state index in [1.807, 2.05) is 30.3 Å². The van der Waals surface area contributed by atoms with E-state index in [0.29, 0.717) is 27.9 Å². The number of carbonyl (C=O) groups excluding carboxylic acids is 2. The predicted molar refractivity (Wildman–Crippen MR) is 116 cm³/mol. The van der Waals surface area contributed by atoms with Crippen LogP contribution < -0.4 is 15.4 Å². The van der Waals surface area contributed by atoms with Gasteiger partial charge >= 0.3 is 0 Å². The molecule has 0 fully saturated rings. The maximum absolute atomic E-state index is 12.3. The second-order valence-corrected chi connectivity index (χ2v) is 6.56. The molecule has 0 aliphatic rings. The second-order valence-electron chi connectivity index (χ2n) is 6.15. The maximum Gasteiger partial charge on any atom is 0.248 e. The number of nitrogens with one attached hydrogen (secondary N) is 2. The van der Waals surface area contributed by atoms with Crippen LogP contribution in [-0.2, 0) is 9.59 Å². The largest absolute Gasteiger partial charge is 0.454 e. The number of rotatable bonds is 6. The van der Waals surface area contributed by atoms with Crippen LogP contribution in [0.15, 0.2) is 78.9 Å². The first-order valence-corrected chi connectivity index (χ1v) is 9.27. The fraction of sp³-hybridized carbons (Fsp3) is 0.0435. The van der Waals surface area contributed by atoms with Crippen LogP contribution in [0.4, 0.5) is 11.4 Å². The molecule has 0 aliphatic heterocycles. The van der Waals surface area contributed by atoms with E-state index in [9.17, 15) is 9.59 Å². The molecule has 0 unspecified atom stereocenters. The molecular weight excluding hydrogens is 388 g/mol. The number of hydrogen-bond donors (Lipinski definition) is 2. The van der Waals surface area contributed by atoms with Gasteiger partial charge in [-0.05, 0) is 48.0 Å². The predicted octanol–water partition coefficient (Wildman–Crippen LogP) is 5.74. The van der Waals surface area contributed by atoms with E-state index in [-0.39, 0.29) is 11.8 Å². The minimum absolute atomic E-state index is 0.134. The number of halogens is 1. The molecule has 0 saturated heterocycles. The monoisotopic (exact) mass is 406 g/mol. The van der Waals surface area contributed by atoms with Gasteiger partial charge < -0.3 is 15.4 Å². The van der Waals surface area contributed by atoms with Crippen LogP contribution in [0.1, 0.15) is 12.5 Å². The minimum atomic E-state index is -0.300. The molecule has 0 saturated carbocycles. The quantitative estimate of drug-likeness (QED) is 0.513. The zero-order valence-electron chi connectivity index (χ0n) is 15.7. The number of carbonyl (C=O) groups is 2. The molecule has 2 N–H and O–H groups in total. The van der Waals surface area contributed by atoms with Crippen molar-refractivity contribution in [1.29, 1.82) is 0 Å². The highest BCUT2D eigenvalue weighted by Gasteiger charge is 2.08. The summed E-state index contributed by atoms with van der Waals surface area (Å²) in [5.41, 5.74) is 2.06. The number of hydrogen-bond acceptors (Lipinski definition) is 3. The topological polar surface area (TPSA) is 67.4 Å². The molecule has 5 nitrogen and oxygen atoms in total. The van der Waals surface area contributed by atoms with E-state index in [2.05, 4.69) is 10.6 Å². The molecule has 2 amide bonds. The number of para-hydroxylation sites is 3. The van der Waals surface area contributed by atoms with Crippen molar-refractivity contribution in [2.75, 3.05) is 10.6 Å². The van der Waals surface area contributed by atoms with Gasteiger partial charge in [0.15, 0.2) is 5.75 Å². The summed E-state index contributed by atoms with van der Waals surface area (Å²) in [7, 11) is 0. The number of anilines is 2. The first kappa shape index (κ1) is 20.2. The number of benzene rings is 3. The molecule has 3 aromatic carbocycles. The van der Waals surface area contributed by atoms with Crippen LogP contribution in [0.25, 0.3) is 6.08 Å². The standard InChI is InChI=1S/C23H19ClN2O3/c1-16(27)25-18-13-10-17(11-14-18)12-15-23(28)26-20-7-3-5-9-22(20)29-21-8-4-2-6-19(21)24/h2-15H,1H3,(H,25,27)(H,26,28)/b15-12+. The van der Waals surface area contributed by atoms with Crippen molar-refractivity contribution >= 4 is 40.9 Å². The van der Waals surface area contributed by atoms with Gasteiger partial charge in [0, 0.05) is 18.7 Å². The summed E-state index contributed by atoms with van der Waals surface area (Å²) in [6, 6.07) is 21.4. The molecule has 0 aromatic heterocycles. The average Bonchev–Trinajstić information content (AvgIpc) is 2.70. The van der Waals surface area contributed by atoms with Crippen LogP contribution in [0.5, 0.6) is 11.5 Å². The molecule has 0 heterocycles. The lowest BCUT2D eigenvalue weighted by atomic mass is 10.2. The summed E-state index contributed by atoms with van der Waals surface area (Å²) in [6.45, 7) is 1.45. The van der Waals surface area contributed by atoms with Gasteiger partial charge in [-0.3, -0.25) is 9.59 Å². The Balaban J connectivity index is 1.67. The Morgan fingerprint density at radius 3 is 2.21 bits per heavy atom. The molecule has 0 spiro atoms. The molecule has 0 atom stereocenters. The van der Waals surface area contributed by atoms with Crippen LogP contribution in [0.3, 0.4) is 0 Å². The van der Waals surface area contributed by atoms with Gasteiger partial charge in [0.05, 0.1) is 10.7 Å². The summed E-state index contributed by atoms with van der Waals surface area (Å²) >= 11 is 6.14. The highest BCUT2D eigenvalue weighted by molar-refractivity contribution is 6.32. The van der Waals surface area contributed by atoms with Gasteiger partial charge in [-0.15, -0.1) is 0 Å². The summed E-state index contributed by atoms with van der Waals surface area (Å²) in [6.07, 6.45) is 3.12. The normalized spacial score (nSPS) is 10.6. The zero-order chi connectivity index (χ0) is 20.6. The highest BCUT2D eigenvalue weighted by Crippen LogP contribution is 2.33. The smallest absolute Gasteiger partial charge is 0.248 e. The van der Waals surface area contributed by atoms with Crippen LogP contribution >= 0.6 is 11.6 Å². The molecule has 6 heteroatoms. The third-order valence-corrected chi connectivity index (χ3v) is 4.17. The zero-order valence-corrected chi connectivity index (χ0v) is 16.4. The van der Waals surface area contributed by atoms with Crippen molar-refractivity contribution in [1.82, 2.24) is 0 Å². The van der Waals surface area contributed by atoms with Gasteiger partial charge in [-0.25, -0.2) is 0 Å². The van der Waals surface area contributed by atoms with Crippen molar-refractivity contribution in [3.05, 3.63) is 89.5 Å². The Kier molecular flexibility index (Phi) is 6.66. The third kappa shape index (κ3) is 5.96. The molecule has 146 valence electrons. The van der Waals surface area contributed by atoms with Crippen molar-refractivity contribution in [3.8, 4) is 11.5 Å². The lowest BCUT2D eigenvalue weighted by molar-refractivity contribution is -0.114. The first-order valence-electron chi connectivity index (χ1n) is 8.89. The van der Waals surface area contributed by atoms with E-state index in [0.717, 1.165) is 5.56 Å². The van der Waals surface area contributed by atoms with E-state index < -0.39 is 0 Å². The first-order chi connectivity index (χ1) is 14.0. The highest BCUT2D eigenvalue weighted by atomic mass is 35.5. The summed E-state index contributed by atoms with van der Waals surface area (Å²) in [4.78, 5) is 23.4. The van der Waals surface area contributed by atoms with Crippen LogP contribution in [0.2, 0.25) is 5.02 Å². The summed E-state index contributed by atoms with van der Waals surface area (Å²) < 4.78 is 5.84. The third-order valence-electron chi connectivity index (χ3n) is 3.86. The lowest BCUT2D eigenvalue weighted by Crippen LogP contribution is -2.08. The minimum Gasteiger partial charge on any atom is -0.454 e. The Bertz CT molecular complexity index is 1050. The Labute approximate surface area is 174 Å². The Morgan fingerprint density at radius 1 is 0.862 bits per heavy atom. The summed E-state index contributed by atoms with van der Waals surface area (Å²) in [5.74, 6) is 0.559. The van der Waals surface area contributed by atoms with E-state index in [1.54, 1.807) is 48.5 Å². The van der Waals surface area contributed by atoms with Gasteiger partial charge in [0.1, 0.15) is 5.75 Å². The molecule has 29 heavy (non-hydrogen) atoms. The fourth-order valence-corrected chi connectivity index (χ4v) is 2.71. The van der Waals surface area contributed by atoms with E-state index in [4.69, 9.17) is 16.3 Å². The van der Waals surface area contributed by atoms with Crippen molar-refractivity contribution < 1.29 is 14.3 Å². The molecule has 3 aromatic rings. The van der Waals surface area contributed by atoms with Crippen molar-refractivity contribution in [3.63, 3.8) is 0 Å². The van der Waals surface area contributed by atoms with Gasteiger partial charge in [-0.2, -0.15) is 0 Å². The van der Waals surface area contributed by atoms with Crippen molar-refractivity contribution in [2.24, 2.45) is 0 Å². The number of amides is 2. The SMILES string of the molecule is CC(=O)Nc1ccc(/C=C/C(=O)Nc2ccccc2Oc2ccccc2Cl)cc1. The lowest BCUT2D eigenvalue weighted by Gasteiger charge is -2.12. The Morgan fingerprint density at radius 2 is 1.52 bits per heavy atom.